The van der Waals surface area contributed by atoms with Crippen LogP contribution in [-0.4, -0.2) is 57.7 Å². The molecule has 1 aromatic rings. The molecule has 4 amide bonds. The molecule has 234 valence electrons. The van der Waals surface area contributed by atoms with E-state index in [2.05, 4.69) is 21.3 Å². The van der Waals surface area contributed by atoms with Crippen molar-refractivity contribution in [3.8, 4) is 0 Å². The highest BCUT2D eigenvalue weighted by Gasteiger charge is 2.43. The zero-order valence-corrected chi connectivity index (χ0v) is 27.8. The fourth-order valence-corrected chi connectivity index (χ4v) is 8.29. The van der Waals surface area contributed by atoms with Gasteiger partial charge in [-0.15, -0.1) is 0 Å². The summed E-state index contributed by atoms with van der Waals surface area (Å²) in [6, 6.07) is 5.63. The number of nitrogens with one attached hydrogen (secondary N) is 4. The molecule has 0 saturated heterocycles. The van der Waals surface area contributed by atoms with Gasteiger partial charge in [0.2, 0.25) is 23.6 Å². The monoisotopic (exact) mass is 602 g/mol. The van der Waals surface area contributed by atoms with E-state index in [0.717, 1.165) is 16.3 Å². The first-order chi connectivity index (χ1) is 19.7. The SMILES string of the molecule is C/C=C\C(=C/C)C[C@H](NC(=O)CCNC(=O)[C@@H](NC(=O)Cc1ccc([Si](F)(C(C)C)C(C)C)cc1)C(C)C)C(=O)NC. The maximum atomic E-state index is 15.8. The molecule has 42 heavy (non-hydrogen) atoms. The molecule has 1 rings (SSSR count). The maximum absolute atomic E-state index is 15.8. The highest BCUT2D eigenvalue weighted by atomic mass is 28.4. The number of allylic oxidation sites excluding steroid dienone is 3. The van der Waals surface area contributed by atoms with Gasteiger partial charge in [-0.2, -0.15) is 0 Å². The van der Waals surface area contributed by atoms with Gasteiger partial charge in [0.25, 0.3) is 8.41 Å². The highest BCUT2D eigenvalue weighted by Crippen LogP contribution is 2.33. The Hall–Kier alpha value is -3.27. The molecule has 4 N–H and O–H groups in total. The molecule has 0 aliphatic heterocycles. The van der Waals surface area contributed by atoms with Gasteiger partial charge >= 0.3 is 0 Å². The van der Waals surface area contributed by atoms with Crippen LogP contribution in [0.5, 0.6) is 0 Å². The molecular weight excluding hydrogens is 551 g/mol. The summed E-state index contributed by atoms with van der Waals surface area (Å²) in [6.07, 6.45) is 6.01. The maximum Gasteiger partial charge on any atom is 0.282 e. The van der Waals surface area contributed by atoms with Crippen molar-refractivity contribution >= 4 is 37.2 Å². The predicted octanol–water partition coefficient (Wildman–Crippen LogP) is 3.96. The number of amides is 4. The zero-order valence-electron chi connectivity index (χ0n) is 26.8. The lowest BCUT2D eigenvalue weighted by atomic mass is 10.0. The molecule has 0 aliphatic carbocycles. The number of hydrogen-bond acceptors (Lipinski definition) is 4. The van der Waals surface area contributed by atoms with E-state index in [1.807, 2.05) is 73.6 Å². The Morgan fingerprint density at radius 3 is 1.95 bits per heavy atom. The first kappa shape index (κ1) is 36.8. The minimum Gasteiger partial charge on any atom is -0.357 e. The van der Waals surface area contributed by atoms with E-state index in [0.29, 0.717) is 6.42 Å². The Bertz CT molecular complexity index is 1110. The third kappa shape index (κ3) is 10.9. The number of halogens is 1. The van der Waals surface area contributed by atoms with Crippen LogP contribution < -0.4 is 26.5 Å². The largest absolute Gasteiger partial charge is 0.357 e. The third-order valence-electron chi connectivity index (χ3n) is 7.45. The molecule has 0 aliphatic rings. The van der Waals surface area contributed by atoms with Gasteiger partial charge in [0.05, 0.1) is 6.42 Å². The smallest absolute Gasteiger partial charge is 0.282 e. The van der Waals surface area contributed by atoms with Crippen LogP contribution in [0.3, 0.4) is 0 Å². The van der Waals surface area contributed by atoms with Gasteiger partial charge in [-0.1, -0.05) is 89.6 Å². The number of carbonyl (C=O) groups excluding carboxylic acids is 4. The van der Waals surface area contributed by atoms with Gasteiger partial charge in [0.1, 0.15) is 12.1 Å². The number of benzene rings is 1. The van der Waals surface area contributed by atoms with Crippen molar-refractivity contribution < 1.29 is 23.3 Å². The quantitative estimate of drug-likeness (QED) is 0.130. The van der Waals surface area contributed by atoms with Crippen molar-refractivity contribution in [3.63, 3.8) is 0 Å². The average Bonchev–Trinajstić information content (AvgIpc) is 2.94. The molecule has 8 nitrogen and oxygen atoms in total. The summed E-state index contributed by atoms with van der Waals surface area (Å²) in [6.45, 7) is 15.1. The van der Waals surface area contributed by atoms with E-state index < -0.39 is 26.4 Å². The summed E-state index contributed by atoms with van der Waals surface area (Å²) in [5.41, 5.74) is 1.53. The second kappa shape index (κ2) is 17.6. The van der Waals surface area contributed by atoms with Crippen molar-refractivity contribution in [2.24, 2.45) is 5.92 Å². The molecule has 0 aromatic heterocycles. The van der Waals surface area contributed by atoms with E-state index in [1.54, 1.807) is 24.3 Å². The molecular formula is C32H51FN4O4Si. The van der Waals surface area contributed by atoms with Crippen molar-refractivity contribution in [2.45, 2.75) is 97.8 Å². The van der Waals surface area contributed by atoms with Crippen LogP contribution in [-0.2, 0) is 25.6 Å². The zero-order chi connectivity index (χ0) is 32.0. The van der Waals surface area contributed by atoms with Gasteiger partial charge in [0.15, 0.2) is 0 Å². The van der Waals surface area contributed by atoms with Crippen LogP contribution in [0.25, 0.3) is 0 Å². The predicted molar refractivity (Wildman–Crippen MR) is 170 cm³/mol. The molecule has 0 heterocycles. The topological polar surface area (TPSA) is 116 Å². The molecule has 2 atom stereocenters. The van der Waals surface area contributed by atoms with Crippen molar-refractivity contribution in [2.75, 3.05) is 13.6 Å². The minimum absolute atomic E-state index is 0.0226. The fraction of sp³-hybridized carbons (Fsp3) is 0.562. The van der Waals surface area contributed by atoms with Crippen LogP contribution in [0.15, 0.2) is 48.1 Å². The lowest BCUT2D eigenvalue weighted by Gasteiger charge is -2.30. The summed E-state index contributed by atoms with van der Waals surface area (Å²) in [4.78, 5) is 50.6. The molecule has 0 unspecified atom stereocenters. The van der Waals surface area contributed by atoms with E-state index in [4.69, 9.17) is 0 Å². The second-order valence-electron chi connectivity index (χ2n) is 11.6. The molecule has 10 heteroatoms. The second-order valence-corrected chi connectivity index (χ2v) is 16.0. The highest BCUT2D eigenvalue weighted by molar-refractivity contribution is 6.88. The van der Waals surface area contributed by atoms with Crippen molar-refractivity contribution in [3.05, 3.63) is 53.6 Å². The van der Waals surface area contributed by atoms with E-state index in [9.17, 15) is 19.2 Å². The molecule has 1 aromatic carbocycles. The minimum atomic E-state index is -3.16. The number of carbonyl (C=O) groups is 4. The summed E-state index contributed by atoms with van der Waals surface area (Å²) in [5, 5.41) is 11.5. The fourth-order valence-electron chi connectivity index (χ4n) is 4.95. The van der Waals surface area contributed by atoms with Crippen molar-refractivity contribution in [1.82, 2.24) is 21.3 Å². The molecule has 0 fully saturated rings. The van der Waals surface area contributed by atoms with Crippen LogP contribution >= 0.6 is 0 Å². The Labute approximate surface area is 252 Å². The summed E-state index contributed by atoms with van der Waals surface area (Å²) >= 11 is 0. The molecule has 0 bridgehead atoms. The first-order valence-electron chi connectivity index (χ1n) is 14.8. The lowest BCUT2D eigenvalue weighted by molar-refractivity contribution is -0.130. The first-order valence-corrected chi connectivity index (χ1v) is 16.9. The van der Waals surface area contributed by atoms with Crippen LogP contribution in [0.4, 0.5) is 4.11 Å². The summed E-state index contributed by atoms with van der Waals surface area (Å²) < 4.78 is 15.8. The van der Waals surface area contributed by atoms with Gasteiger partial charge in [-0.05, 0) is 41.6 Å². The number of hydrogen-bond donors (Lipinski definition) is 4. The lowest BCUT2D eigenvalue weighted by Crippen LogP contribution is -2.51. The van der Waals surface area contributed by atoms with Gasteiger partial charge in [-0.3, -0.25) is 19.2 Å². The van der Waals surface area contributed by atoms with E-state index >= 15 is 4.11 Å². The van der Waals surface area contributed by atoms with Crippen LogP contribution in [0, 0.1) is 5.92 Å². The van der Waals surface area contributed by atoms with E-state index in [-0.39, 0.29) is 54.1 Å². The normalized spacial score (nSPS) is 13.8. The average molecular weight is 603 g/mol. The Morgan fingerprint density at radius 2 is 1.48 bits per heavy atom. The standard InChI is InChI=1S/C32H51FN4O4Si/c1-10-12-24(11-2)19-27(31(40)34-9)36-28(38)17-18-35-32(41)30(21(3)4)37-29(39)20-25-13-15-26(16-14-25)42(33,22(5)6)23(7)8/h10-16,21-23,27,30H,17-20H2,1-9H3,(H,34,40)(H,35,41)(H,36,38)(H,37,39)/b12-10-,24-11+/t27-,30-/m0/s1. The van der Waals surface area contributed by atoms with Gasteiger partial charge in [-0.25, -0.2) is 0 Å². The third-order valence-corrected chi connectivity index (χ3v) is 12.0. The number of likely N-dealkylation sites (N-methyl/N-ethyl adjacent to an activating group) is 1. The van der Waals surface area contributed by atoms with Crippen molar-refractivity contribution in [1.29, 1.82) is 0 Å². The van der Waals surface area contributed by atoms with Gasteiger partial charge in [0, 0.05) is 26.4 Å². The van der Waals surface area contributed by atoms with Crippen LogP contribution in [0.2, 0.25) is 11.1 Å². The Balaban J connectivity index is 2.74. The van der Waals surface area contributed by atoms with Gasteiger partial charge < -0.3 is 25.4 Å². The number of rotatable bonds is 16. The summed E-state index contributed by atoms with van der Waals surface area (Å²) in [5.74, 6) is -1.58. The summed E-state index contributed by atoms with van der Waals surface area (Å²) in [7, 11) is -1.65. The van der Waals surface area contributed by atoms with Crippen LogP contribution in [0.1, 0.15) is 73.8 Å². The molecule has 0 saturated carbocycles. The molecule has 0 radical (unpaired) electrons. The Kier molecular flexibility index (Phi) is 15.4. The Morgan fingerprint density at radius 1 is 0.881 bits per heavy atom. The van der Waals surface area contributed by atoms with E-state index in [1.165, 1.54) is 7.05 Å². The molecule has 0 spiro atoms.